The Morgan fingerprint density at radius 1 is 0.953 bits per heavy atom. The Morgan fingerprint density at radius 3 is 2.40 bits per heavy atom. The number of piperazine rings is 1. The van der Waals surface area contributed by atoms with Crippen LogP contribution < -0.4 is 20.3 Å². The van der Waals surface area contributed by atoms with Crippen molar-refractivity contribution in [2.24, 2.45) is 0 Å². The summed E-state index contributed by atoms with van der Waals surface area (Å²) in [5, 5.41) is 16.9. The van der Waals surface area contributed by atoms with Crippen molar-refractivity contribution < 1.29 is 9.84 Å². The van der Waals surface area contributed by atoms with Gasteiger partial charge >= 0.3 is 0 Å². The van der Waals surface area contributed by atoms with Crippen LogP contribution in [0.15, 0.2) is 24.4 Å². The van der Waals surface area contributed by atoms with Crippen LogP contribution in [0.1, 0.15) is 51.6 Å². The standard InChI is InChI=1S/C33H48N8O2/c1-5-27-32(36-23-8-9-25(42)20-23)38-30-26(21-35-33(34-3)31(30)37-27)22-7-10-28(29(19-22)43-4)41-13-11-24(12-14-41)40-17-15-39(6-2)16-18-40/h7,10,19,21,23-25,42H,5-6,8-9,11-18,20H2,1-4H3,(H,34,35)(H,36,38)/t23-,25+/m1/s1. The molecule has 10 heteroatoms. The number of benzene rings is 1. The van der Waals surface area contributed by atoms with Gasteiger partial charge in [-0.3, -0.25) is 4.90 Å². The molecule has 0 unspecified atom stereocenters. The number of methoxy groups -OCH3 is 1. The minimum absolute atomic E-state index is 0.200. The zero-order valence-electron chi connectivity index (χ0n) is 26.3. The van der Waals surface area contributed by atoms with Crippen molar-refractivity contribution >= 4 is 28.4 Å². The van der Waals surface area contributed by atoms with Crippen LogP contribution in [0.5, 0.6) is 5.75 Å². The highest BCUT2D eigenvalue weighted by Gasteiger charge is 2.29. The van der Waals surface area contributed by atoms with Gasteiger partial charge in [-0.05, 0) is 62.8 Å². The van der Waals surface area contributed by atoms with Gasteiger partial charge in [0, 0.05) is 70.2 Å². The third-order valence-corrected chi connectivity index (χ3v) is 9.75. The zero-order chi connectivity index (χ0) is 29.9. The van der Waals surface area contributed by atoms with Crippen molar-refractivity contribution in [3.8, 4) is 16.9 Å². The first kappa shape index (κ1) is 29.8. The van der Waals surface area contributed by atoms with Gasteiger partial charge in [0.2, 0.25) is 0 Å². The van der Waals surface area contributed by atoms with Crippen LogP contribution in [0, 0.1) is 0 Å². The first-order chi connectivity index (χ1) is 21.0. The Hall–Kier alpha value is -3.21. The van der Waals surface area contributed by atoms with Gasteiger partial charge < -0.3 is 30.3 Å². The summed E-state index contributed by atoms with van der Waals surface area (Å²) in [6, 6.07) is 7.35. The van der Waals surface area contributed by atoms with Gasteiger partial charge in [0.05, 0.1) is 24.6 Å². The van der Waals surface area contributed by atoms with Crippen LogP contribution in [-0.2, 0) is 6.42 Å². The molecule has 2 aromatic heterocycles. The van der Waals surface area contributed by atoms with Crippen molar-refractivity contribution in [1.82, 2.24) is 24.8 Å². The monoisotopic (exact) mass is 588 g/mol. The predicted molar refractivity (Wildman–Crippen MR) is 174 cm³/mol. The second-order valence-electron chi connectivity index (χ2n) is 12.2. The van der Waals surface area contributed by atoms with Gasteiger partial charge in [-0.25, -0.2) is 15.0 Å². The van der Waals surface area contributed by atoms with Gasteiger partial charge in [0.15, 0.2) is 5.82 Å². The number of aliphatic hydroxyl groups is 1. The largest absolute Gasteiger partial charge is 0.495 e. The second kappa shape index (κ2) is 13.2. The molecule has 4 heterocycles. The van der Waals surface area contributed by atoms with Crippen LogP contribution in [-0.4, -0.2) is 108 Å². The summed E-state index contributed by atoms with van der Waals surface area (Å²) in [4.78, 5) is 22.7. The molecule has 0 amide bonds. The molecule has 232 valence electrons. The number of nitrogens with one attached hydrogen (secondary N) is 2. The molecule has 2 saturated heterocycles. The fraction of sp³-hybridized carbons (Fsp3) is 0.606. The van der Waals surface area contributed by atoms with Crippen LogP contribution >= 0.6 is 0 Å². The number of aromatic nitrogens is 3. The van der Waals surface area contributed by atoms with Gasteiger partial charge in [-0.2, -0.15) is 0 Å². The minimum atomic E-state index is -0.250. The number of piperidine rings is 1. The lowest BCUT2D eigenvalue weighted by Gasteiger charge is -2.43. The molecule has 3 N–H and O–H groups in total. The summed E-state index contributed by atoms with van der Waals surface area (Å²) in [6.45, 7) is 12.3. The lowest BCUT2D eigenvalue weighted by molar-refractivity contribution is 0.0878. The molecule has 10 nitrogen and oxygen atoms in total. The van der Waals surface area contributed by atoms with E-state index in [1.165, 1.54) is 39.0 Å². The summed E-state index contributed by atoms with van der Waals surface area (Å²) >= 11 is 0. The third kappa shape index (κ3) is 6.23. The summed E-state index contributed by atoms with van der Waals surface area (Å²) in [6.07, 6.45) is 7.23. The summed E-state index contributed by atoms with van der Waals surface area (Å²) in [7, 11) is 3.63. The smallest absolute Gasteiger partial charge is 0.153 e. The maximum atomic E-state index is 10.1. The highest BCUT2D eigenvalue weighted by molar-refractivity contribution is 5.98. The fourth-order valence-electron chi connectivity index (χ4n) is 7.14. The van der Waals surface area contributed by atoms with E-state index in [1.807, 2.05) is 13.2 Å². The normalized spacial score (nSPS) is 22.3. The number of rotatable bonds is 9. The molecule has 2 atom stereocenters. The van der Waals surface area contributed by atoms with E-state index in [4.69, 9.17) is 19.7 Å². The maximum absolute atomic E-state index is 10.1. The molecule has 0 radical (unpaired) electrons. The Bertz CT molecular complexity index is 1400. The topological polar surface area (TPSA) is 102 Å². The van der Waals surface area contributed by atoms with Crippen molar-refractivity contribution in [2.75, 3.05) is 75.5 Å². The Kier molecular flexibility index (Phi) is 9.16. The Labute approximate surface area is 255 Å². The SMILES string of the molecule is CCc1nc2c(NC)ncc(-c3ccc(N4CCC(N5CCN(CC)CC5)CC4)c(OC)c3)c2nc1N[C@@H]1CC[C@H](O)C1. The number of aliphatic hydroxyl groups excluding tert-OH is 1. The van der Waals surface area contributed by atoms with Crippen LogP contribution in [0.2, 0.25) is 0 Å². The van der Waals surface area contributed by atoms with Crippen LogP contribution in [0.3, 0.4) is 0 Å². The quantitative estimate of drug-likeness (QED) is 0.337. The van der Waals surface area contributed by atoms with E-state index in [0.717, 1.165) is 90.4 Å². The molecular formula is C33H48N8O2. The maximum Gasteiger partial charge on any atom is 0.153 e. The van der Waals surface area contributed by atoms with Gasteiger partial charge in [-0.1, -0.05) is 19.9 Å². The molecule has 43 heavy (non-hydrogen) atoms. The minimum Gasteiger partial charge on any atom is -0.495 e. The average Bonchev–Trinajstić information content (AvgIpc) is 3.47. The van der Waals surface area contributed by atoms with Crippen molar-refractivity contribution in [3.05, 3.63) is 30.1 Å². The first-order valence-electron chi connectivity index (χ1n) is 16.2. The van der Waals surface area contributed by atoms with Crippen molar-refractivity contribution in [2.45, 2.75) is 70.6 Å². The van der Waals surface area contributed by atoms with E-state index in [2.05, 4.69) is 57.4 Å². The Morgan fingerprint density at radius 2 is 1.74 bits per heavy atom. The number of aryl methyl sites for hydroxylation is 1. The molecule has 0 spiro atoms. The predicted octanol–water partition coefficient (Wildman–Crippen LogP) is 4.24. The summed E-state index contributed by atoms with van der Waals surface area (Å²) < 4.78 is 5.98. The molecule has 1 aromatic carbocycles. The number of likely N-dealkylation sites (N-methyl/N-ethyl adjacent to an activating group) is 1. The van der Waals surface area contributed by atoms with Crippen molar-refractivity contribution in [1.29, 1.82) is 0 Å². The van der Waals surface area contributed by atoms with E-state index >= 15 is 0 Å². The number of anilines is 3. The van der Waals surface area contributed by atoms with E-state index in [-0.39, 0.29) is 12.1 Å². The number of hydrogen-bond donors (Lipinski definition) is 3. The highest BCUT2D eigenvalue weighted by Crippen LogP contribution is 2.38. The molecule has 1 saturated carbocycles. The van der Waals surface area contributed by atoms with E-state index < -0.39 is 0 Å². The fourth-order valence-corrected chi connectivity index (χ4v) is 7.14. The Balaban J connectivity index is 1.26. The lowest BCUT2D eigenvalue weighted by Crippen LogP contribution is -2.53. The zero-order valence-corrected chi connectivity index (χ0v) is 26.3. The third-order valence-electron chi connectivity index (χ3n) is 9.75. The molecule has 2 aliphatic heterocycles. The number of hydrogen-bond acceptors (Lipinski definition) is 10. The van der Waals surface area contributed by atoms with E-state index in [1.54, 1.807) is 7.11 Å². The molecule has 6 rings (SSSR count). The molecule has 0 bridgehead atoms. The summed E-state index contributed by atoms with van der Waals surface area (Å²) in [5.41, 5.74) is 5.55. The van der Waals surface area contributed by atoms with E-state index in [9.17, 15) is 5.11 Å². The molecular weight excluding hydrogens is 540 g/mol. The van der Waals surface area contributed by atoms with Crippen LogP contribution in [0.4, 0.5) is 17.3 Å². The van der Waals surface area contributed by atoms with Gasteiger partial charge in [0.1, 0.15) is 22.6 Å². The number of fused-ring (bicyclic) bond motifs is 1. The highest BCUT2D eigenvalue weighted by atomic mass is 16.5. The number of nitrogens with zero attached hydrogens (tertiary/aromatic N) is 6. The first-order valence-corrected chi connectivity index (χ1v) is 16.2. The van der Waals surface area contributed by atoms with Gasteiger partial charge in [-0.15, -0.1) is 0 Å². The number of pyridine rings is 1. The lowest BCUT2D eigenvalue weighted by atomic mass is 10.00. The number of ether oxygens (including phenoxy) is 1. The molecule has 1 aliphatic carbocycles. The van der Waals surface area contributed by atoms with E-state index in [0.29, 0.717) is 11.9 Å². The van der Waals surface area contributed by atoms with Crippen LogP contribution in [0.25, 0.3) is 22.2 Å². The second-order valence-corrected chi connectivity index (χ2v) is 12.2. The van der Waals surface area contributed by atoms with Crippen molar-refractivity contribution in [3.63, 3.8) is 0 Å². The summed E-state index contributed by atoms with van der Waals surface area (Å²) in [5.74, 6) is 2.38. The molecule has 3 aliphatic rings. The molecule has 3 fully saturated rings. The molecule has 3 aromatic rings. The van der Waals surface area contributed by atoms with Gasteiger partial charge in [0.25, 0.3) is 0 Å². The average molecular weight is 589 g/mol.